The molecule has 17 nitrogen and oxygen atoms in total. The number of carbonyl (C=O) groups excluding carboxylic acids is 4. The van der Waals surface area contributed by atoms with E-state index in [0.717, 1.165) is 167 Å². The Morgan fingerprint density at radius 1 is 0.288 bits per heavy atom. The second-order valence-electron chi connectivity index (χ2n) is 26.6. The van der Waals surface area contributed by atoms with Crippen LogP contribution >= 0.6 is 15.6 Å². The SMILES string of the molecule is CC/C=C\C/C=C\C/C=C\C/C=C\C/C=C\CC(=O)OCC(COP(=O)(O)OCC(O)COP(=O)(O)OCC(COC(=O)CCCCCCCC/C=C\C/C=C\C/C=C\CCCCC)OC(=O)CCCCCCCC/C=C\C/C=C\C/C=C\CCCCC)OC(=O)CCCCCCCCCCCCC. The standard InChI is InChI=1S/C85H144O17P2/c1-5-9-13-17-21-25-29-32-35-37-39-41-44-47-51-54-58-62-66-70-83(88)96-76-81(102-85(90)72-68-64-60-56-52-48-45-42-40-38-36-33-30-26-22-18-14-10-6-2)78-100-104(93,94)98-74-79(86)73-97-103(91,92)99-77-80(101-84(89)71-67-63-59-55-49-28-24-20-16-12-8-4)75-95-82(87)69-65-61-57-53-50-46-43-34-31-27-23-19-15-11-7-3/h11,15,21-23,25-27,32-36,39-43,50,53,61,65,79-81,86H,5-10,12-14,16-20,24,28-31,37-38,44-49,51-52,54-60,62-64,66-78H2,1-4H3,(H,91,92)(H,93,94)/b15-11-,25-21-,26-22-,27-23-,35-32-,36-33-,41-39-,42-40-,43-34-,53-50-,65-61-. The molecule has 0 saturated heterocycles. The number of aliphatic hydroxyl groups is 1. The van der Waals surface area contributed by atoms with Crippen LogP contribution in [0.4, 0.5) is 0 Å². The van der Waals surface area contributed by atoms with Crippen molar-refractivity contribution in [3.8, 4) is 0 Å². The van der Waals surface area contributed by atoms with E-state index in [1.807, 2.05) is 18.2 Å². The van der Waals surface area contributed by atoms with E-state index < -0.39 is 97.5 Å². The molecule has 0 aliphatic heterocycles. The van der Waals surface area contributed by atoms with Gasteiger partial charge in [-0.25, -0.2) is 9.13 Å². The highest BCUT2D eigenvalue weighted by molar-refractivity contribution is 7.47. The number of esters is 4. The highest BCUT2D eigenvalue weighted by Crippen LogP contribution is 2.45. The van der Waals surface area contributed by atoms with Gasteiger partial charge >= 0.3 is 39.5 Å². The van der Waals surface area contributed by atoms with Gasteiger partial charge in [-0.2, -0.15) is 0 Å². The van der Waals surface area contributed by atoms with Crippen molar-refractivity contribution in [2.45, 2.75) is 341 Å². The maximum atomic E-state index is 13.1. The molecular weight excluding hydrogens is 1350 g/mol. The van der Waals surface area contributed by atoms with E-state index in [2.05, 4.69) is 137 Å². The molecule has 0 radical (unpaired) electrons. The lowest BCUT2D eigenvalue weighted by Crippen LogP contribution is -2.30. The summed E-state index contributed by atoms with van der Waals surface area (Å²) in [6.45, 7) is 4.57. The highest BCUT2D eigenvalue weighted by atomic mass is 31.2. The minimum Gasteiger partial charge on any atom is -0.462 e. The van der Waals surface area contributed by atoms with Gasteiger partial charge in [0.25, 0.3) is 0 Å². The predicted octanol–water partition coefficient (Wildman–Crippen LogP) is 23.7. The van der Waals surface area contributed by atoms with Crippen LogP contribution in [0.3, 0.4) is 0 Å². The zero-order chi connectivity index (χ0) is 76.0. The number of carbonyl (C=O) groups is 4. The third-order valence-corrected chi connectivity index (χ3v) is 18.5. The number of hydrogen-bond donors (Lipinski definition) is 3. The van der Waals surface area contributed by atoms with Crippen LogP contribution < -0.4 is 0 Å². The van der Waals surface area contributed by atoms with Crippen LogP contribution in [-0.4, -0.2) is 96.7 Å². The zero-order valence-electron chi connectivity index (χ0n) is 65.2. The molecule has 0 rings (SSSR count). The average Bonchev–Trinajstić information content (AvgIpc) is 0.928. The lowest BCUT2D eigenvalue weighted by molar-refractivity contribution is -0.161. The lowest BCUT2D eigenvalue weighted by Gasteiger charge is -2.21. The van der Waals surface area contributed by atoms with Crippen molar-refractivity contribution < 1.29 is 80.2 Å². The maximum absolute atomic E-state index is 13.1. The van der Waals surface area contributed by atoms with Gasteiger partial charge in [-0.1, -0.05) is 303 Å². The summed E-state index contributed by atoms with van der Waals surface area (Å²) in [7, 11) is -9.99. The largest absolute Gasteiger partial charge is 0.472 e. The number of phosphoric ester groups is 2. The topological polar surface area (TPSA) is 237 Å². The summed E-state index contributed by atoms with van der Waals surface area (Å²) in [6, 6.07) is 0. The fourth-order valence-electron chi connectivity index (χ4n) is 10.5. The predicted molar refractivity (Wildman–Crippen MR) is 427 cm³/mol. The van der Waals surface area contributed by atoms with E-state index in [9.17, 15) is 43.2 Å². The Hall–Kier alpha value is -4.80. The molecule has 0 aromatic rings. The van der Waals surface area contributed by atoms with Crippen molar-refractivity contribution in [1.29, 1.82) is 0 Å². The number of phosphoric acid groups is 2. The summed E-state index contributed by atoms with van der Waals surface area (Å²) in [6.07, 6.45) is 86.0. The maximum Gasteiger partial charge on any atom is 0.472 e. The fourth-order valence-corrected chi connectivity index (χ4v) is 12.1. The third-order valence-electron chi connectivity index (χ3n) is 16.6. The van der Waals surface area contributed by atoms with Crippen molar-refractivity contribution in [3.05, 3.63) is 134 Å². The molecule has 5 atom stereocenters. The molecule has 0 aliphatic carbocycles. The highest BCUT2D eigenvalue weighted by Gasteiger charge is 2.30. The van der Waals surface area contributed by atoms with Crippen molar-refractivity contribution >= 4 is 39.5 Å². The molecule has 0 bridgehead atoms. The first kappa shape index (κ1) is 99.2. The average molecular weight is 1500 g/mol. The quantitative estimate of drug-likeness (QED) is 0.0169. The van der Waals surface area contributed by atoms with Gasteiger partial charge in [-0.05, 0) is 128 Å². The van der Waals surface area contributed by atoms with E-state index in [-0.39, 0.29) is 25.7 Å². The van der Waals surface area contributed by atoms with Crippen LogP contribution in [0.1, 0.15) is 323 Å². The molecule has 104 heavy (non-hydrogen) atoms. The number of unbranched alkanes of at least 4 members (excludes halogenated alkanes) is 28. The summed E-state index contributed by atoms with van der Waals surface area (Å²) in [4.78, 5) is 72.9. The van der Waals surface area contributed by atoms with Gasteiger partial charge in [0, 0.05) is 19.3 Å². The van der Waals surface area contributed by atoms with Crippen LogP contribution in [0.2, 0.25) is 0 Å². The van der Waals surface area contributed by atoms with E-state index in [1.54, 1.807) is 6.08 Å². The Labute approximate surface area is 631 Å². The number of hydrogen-bond acceptors (Lipinski definition) is 15. The molecule has 596 valence electrons. The molecule has 19 heteroatoms. The van der Waals surface area contributed by atoms with Gasteiger partial charge in [0.15, 0.2) is 12.2 Å². The molecule has 0 aromatic heterocycles. The van der Waals surface area contributed by atoms with Crippen molar-refractivity contribution in [3.63, 3.8) is 0 Å². The fraction of sp³-hybridized carbons (Fsp3) is 0.694. The Balaban J connectivity index is 5.42. The van der Waals surface area contributed by atoms with Gasteiger partial charge in [-0.15, -0.1) is 0 Å². The monoisotopic (exact) mass is 1500 g/mol. The number of ether oxygens (including phenoxy) is 4. The van der Waals surface area contributed by atoms with Crippen molar-refractivity contribution in [2.24, 2.45) is 0 Å². The van der Waals surface area contributed by atoms with Crippen LogP contribution in [-0.2, 0) is 65.4 Å². The Morgan fingerprint density at radius 3 is 0.875 bits per heavy atom. The first-order valence-corrected chi connectivity index (χ1v) is 43.4. The van der Waals surface area contributed by atoms with Crippen LogP contribution in [0.5, 0.6) is 0 Å². The lowest BCUT2D eigenvalue weighted by atomic mass is 10.1. The second-order valence-corrected chi connectivity index (χ2v) is 29.6. The Bertz CT molecular complexity index is 2490. The minimum atomic E-state index is -5.00. The molecule has 0 heterocycles. The summed E-state index contributed by atoms with van der Waals surface area (Å²) in [5.41, 5.74) is 0. The summed E-state index contributed by atoms with van der Waals surface area (Å²) in [5.74, 6) is -2.35. The van der Waals surface area contributed by atoms with Crippen LogP contribution in [0.15, 0.2) is 134 Å². The number of rotatable bonds is 75. The summed E-state index contributed by atoms with van der Waals surface area (Å²) in [5, 5.41) is 10.6. The third kappa shape index (κ3) is 75.4. The molecule has 0 amide bonds. The molecule has 0 spiro atoms. The normalized spacial score (nSPS) is 14.6. The number of allylic oxidation sites excluding steroid dienone is 21. The number of aliphatic hydroxyl groups excluding tert-OH is 1. The minimum absolute atomic E-state index is 0.0714. The smallest absolute Gasteiger partial charge is 0.462 e. The zero-order valence-corrected chi connectivity index (χ0v) is 66.9. The van der Waals surface area contributed by atoms with Crippen LogP contribution in [0, 0.1) is 0 Å². The summed E-state index contributed by atoms with van der Waals surface area (Å²) < 4.78 is 68.5. The molecule has 0 aliphatic rings. The Kier molecular flexibility index (Phi) is 72.9. The van der Waals surface area contributed by atoms with Crippen molar-refractivity contribution in [2.75, 3.05) is 39.6 Å². The van der Waals surface area contributed by atoms with Gasteiger partial charge in [0.05, 0.1) is 32.8 Å². The first-order chi connectivity index (χ1) is 50.7. The van der Waals surface area contributed by atoms with E-state index >= 15 is 0 Å². The molecule has 0 fully saturated rings. The summed E-state index contributed by atoms with van der Waals surface area (Å²) >= 11 is 0. The Morgan fingerprint density at radius 2 is 0.538 bits per heavy atom. The van der Waals surface area contributed by atoms with Gasteiger partial charge in [-0.3, -0.25) is 37.3 Å². The van der Waals surface area contributed by atoms with E-state index in [0.29, 0.717) is 25.7 Å². The van der Waals surface area contributed by atoms with Crippen LogP contribution in [0.25, 0.3) is 0 Å². The molecule has 0 saturated carbocycles. The van der Waals surface area contributed by atoms with Gasteiger partial charge in [0.1, 0.15) is 19.3 Å². The molecule has 0 aromatic carbocycles. The molecule has 5 unspecified atom stereocenters. The molecular formula is C85H144O17P2. The molecule has 3 N–H and O–H groups in total. The van der Waals surface area contributed by atoms with Gasteiger partial charge in [0.2, 0.25) is 0 Å². The second kappa shape index (κ2) is 76.4. The van der Waals surface area contributed by atoms with E-state index in [4.69, 9.17) is 37.0 Å². The van der Waals surface area contributed by atoms with E-state index in [1.165, 1.54) is 77.0 Å². The van der Waals surface area contributed by atoms with Gasteiger partial charge < -0.3 is 33.8 Å². The first-order valence-electron chi connectivity index (χ1n) is 40.4. The van der Waals surface area contributed by atoms with Crippen molar-refractivity contribution in [1.82, 2.24) is 0 Å².